The fraction of sp³-hybridized carbons (Fsp3) is 0.579. The van der Waals surface area contributed by atoms with Gasteiger partial charge in [-0.1, -0.05) is 6.07 Å². The minimum atomic E-state index is 0.0857. The van der Waals surface area contributed by atoms with E-state index >= 15 is 0 Å². The van der Waals surface area contributed by atoms with Crippen LogP contribution < -0.4 is 9.47 Å². The van der Waals surface area contributed by atoms with Gasteiger partial charge in [0.1, 0.15) is 0 Å². The third-order valence-corrected chi connectivity index (χ3v) is 5.46. The summed E-state index contributed by atoms with van der Waals surface area (Å²) >= 11 is 0. The average Bonchev–Trinajstić information content (AvgIpc) is 3.13. The Morgan fingerprint density at radius 2 is 1.74 bits per heavy atom. The molecule has 27 heavy (non-hydrogen) atoms. The SMILES string of the molecule is CN1CCN(CC(=O)N2CCN(Cc3ccc4c(c3)OCO4)CC2)CC1=O. The van der Waals surface area contributed by atoms with Crippen molar-refractivity contribution in [2.45, 2.75) is 6.54 Å². The zero-order valence-electron chi connectivity index (χ0n) is 15.7. The fourth-order valence-corrected chi connectivity index (χ4v) is 3.69. The van der Waals surface area contributed by atoms with Gasteiger partial charge in [0.05, 0.1) is 13.1 Å². The minimum absolute atomic E-state index is 0.0857. The van der Waals surface area contributed by atoms with Crippen molar-refractivity contribution in [2.24, 2.45) is 0 Å². The topological polar surface area (TPSA) is 65.6 Å². The smallest absolute Gasteiger partial charge is 0.236 e. The van der Waals surface area contributed by atoms with E-state index in [2.05, 4.69) is 11.0 Å². The van der Waals surface area contributed by atoms with E-state index in [1.165, 1.54) is 5.56 Å². The van der Waals surface area contributed by atoms with Crippen molar-refractivity contribution < 1.29 is 19.1 Å². The molecule has 0 aromatic heterocycles. The lowest BCUT2D eigenvalue weighted by molar-refractivity contribution is -0.139. The van der Waals surface area contributed by atoms with Crippen LogP contribution in [-0.4, -0.2) is 97.6 Å². The van der Waals surface area contributed by atoms with Crippen LogP contribution in [0.4, 0.5) is 0 Å². The zero-order valence-corrected chi connectivity index (χ0v) is 15.7. The van der Waals surface area contributed by atoms with E-state index in [9.17, 15) is 9.59 Å². The van der Waals surface area contributed by atoms with Crippen molar-refractivity contribution in [2.75, 3.05) is 66.2 Å². The molecule has 2 fully saturated rings. The Morgan fingerprint density at radius 3 is 2.52 bits per heavy atom. The Balaban J connectivity index is 1.24. The number of carbonyl (C=O) groups is 2. The largest absolute Gasteiger partial charge is 0.454 e. The minimum Gasteiger partial charge on any atom is -0.454 e. The van der Waals surface area contributed by atoms with Crippen molar-refractivity contribution in [3.05, 3.63) is 23.8 Å². The van der Waals surface area contributed by atoms with Crippen LogP contribution in [0.1, 0.15) is 5.56 Å². The second kappa shape index (κ2) is 7.74. The lowest BCUT2D eigenvalue weighted by Crippen LogP contribution is -2.54. The molecule has 0 saturated carbocycles. The van der Waals surface area contributed by atoms with Crippen LogP contribution in [0.5, 0.6) is 11.5 Å². The van der Waals surface area contributed by atoms with Crippen LogP contribution in [0.3, 0.4) is 0 Å². The lowest BCUT2D eigenvalue weighted by Gasteiger charge is -2.37. The zero-order chi connectivity index (χ0) is 18.8. The summed E-state index contributed by atoms with van der Waals surface area (Å²) in [5, 5.41) is 0. The van der Waals surface area contributed by atoms with Gasteiger partial charge in [0.25, 0.3) is 0 Å². The van der Waals surface area contributed by atoms with E-state index in [0.29, 0.717) is 26.4 Å². The van der Waals surface area contributed by atoms with Crippen LogP contribution in [0.25, 0.3) is 0 Å². The predicted octanol–water partition coefficient (Wildman–Crippen LogP) is -0.166. The Bertz CT molecular complexity index is 718. The predicted molar refractivity (Wildman–Crippen MR) is 98.5 cm³/mol. The Kier molecular flexibility index (Phi) is 5.18. The summed E-state index contributed by atoms with van der Waals surface area (Å²) in [7, 11) is 1.81. The number of amides is 2. The number of fused-ring (bicyclic) bond motifs is 1. The van der Waals surface area contributed by atoms with Gasteiger partial charge in [-0.3, -0.25) is 19.4 Å². The molecule has 3 heterocycles. The van der Waals surface area contributed by atoms with E-state index in [4.69, 9.17) is 9.47 Å². The molecular formula is C19H26N4O4. The standard InChI is InChI=1S/C19H26N4O4/c1-20-4-5-22(12-18(20)24)13-19(25)23-8-6-21(7-9-23)11-15-2-3-16-17(10-15)27-14-26-16/h2-3,10H,4-9,11-14H2,1H3. The summed E-state index contributed by atoms with van der Waals surface area (Å²) in [5.74, 6) is 1.82. The fourth-order valence-electron chi connectivity index (χ4n) is 3.69. The Morgan fingerprint density at radius 1 is 1.00 bits per heavy atom. The molecule has 1 aromatic rings. The number of hydrogen-bond donors (Lipinski definition) is 0. The van der Waals surface area contributed by atoms with Crippen LogP contribution in [0.15, 0.2) is 18.2 Å². The average molecular weight is 374 g/mol. The van der Waals surface area contributed by atoms with E-state index in [1.54, 1.807) is 11.9 Å². The molecule has 2 saturated heterocycles. The quantitative estimate of drug-likeness (QED) is 0.729. The van der Waals surface area contributed by atoms with Crippen molar-refractivity contribution in [3.63, 3.8) is 0 Å². The number of likely N-dealkylation sites (N-methyl/N-ethyl adjacent to an activating group) is 1. The number of carbonyl (C=O) groups excluding carboxylic acids is 2. The molecule has 0 aliphatic carbocycles. The third kappa shape index (κ3) is 4.17. The van der Waals surface area contributed by atoms with Crippen LogP contribution >= 0.6 is 0 Å². The molecule has 0 N–H and O–H groups in total. The van der Waals surface area contributed by atoms with Crippen molar-refractivity contribution >= 4 is 11.8 Å². The molecule has 1 aromatic carbocycles. The third-order valence-electron chi connectivity index (χ3n) is 5.46. The number of benzene rings is 1. The van der Waals surface area contributed by atoms with Gasteiger partial charge in [-0.25, -0.2) is 0 Å². The first-order valence-corrected chi connectivity index (χ1v) is 9.43. The summed E-state index contributed by atoms with van der Waals surface area (Å²) in [6, 6.07) is 6.05. The van der Waals surface area contributed by atoms with Crippen molar-refractivity contribution in [1.82, 2.24) is 19.6 Å². The number of rotatable bonds is 4. The molecule has 8 heteroatoms. The van der Waals surface area contributed by atoms with Gasteiger partial charge in [0.2, 0.25) is 18.6 Å². The van der Waals surface area contributed by atoms with E-state index in [1.807, 2.05) is 21.9 Å². The highest BCUT2D eigenvalue weighted by molar-refractivity contribution is 5.82. The number of ether oxygens (including phenoxy) is 2. The maximum atomic E-state index is 12.6. The first kappa shape index (κ1) is 18.1. The van der Waals surface area contributed by atoms with Crippen LogP contribution in [0.2, 0.25) is 0 Å². The second-order valence-corrected chi connectivity index (χ2v) is 7.37. The molecule has 0 unspecified atom stereocenters. The van der Waals surface area contributed by atoms with E-state index in [0.717, 1.165) is 50.8 Å². The molecule has 4 rings (SSSR count). The first-order chi connectivity index (χ1) is 13.1. The molecule has 3 aliphatic heterocycles. The summed E-state index contributed by atoms with van der Waals surface area (Å²) in [6.07, 6.45) is 0. The maximum absolute atomic E-state index is 12.6. The van der Waals surface area contributed by atoms with Gasteiger partial charge >= 0.3 is 0 Å². The van der Waals surface area contributed by atoms with Gasteiger partial charge in [0.15, 0.2) is 11.5 Å². The first-order valence-electron chi connectivity index (χ1n) is 9.43. The molecule has 0 radical (unpaired) electrons. The summed E-state index contributed by atoms with van der Waals surface area (Å²) in [6.45, 7) is 6.41. The van der Waals surface area contributed by atoms with E-state index < -0.39 is 0 Å². The van der Waals surface area contributed by atoms with Crippen LogP contribution in [-0.2, 0) is 16.1 Å². The van der Waals surface area contributed by atoms with E-state index in [-0.39, 0.29) is 11.8 Å². The molecule has 0 spiro atoms. The lowest BCUT2D eigenvalue weighted by atomic mass is 10.1. The highest BCUT2D eigenvalue weighted by Crippen LogP contribution is 2.32. The Labute approximate surface area is 159 Å². The maximum Gasteiger partial charge on any atom is 0.236 e. The summed E-state index contributed by atoms with van der Waals surface area (Å²) < 4.78 is 10.8. The van der Waals surface area contributed by atoms with Gasteiger partial charge in [0, 0.05) is 52.9 Å². The Hall–Kier alpha value is -2.32. The summed E-state index contributed by atoms with van der Waals surface area (Å²) in [5.41, 5.74) is 1.19. The molecule has 0 bridgehead atoms. The summed E-state index contributed by atoms with van der Waals surface area (Å²) in [4.78, 5) is 32.3. The highest BCUT2D eigenvalue weighted by atomic mass is 16.7. The van der Waals surface area contributed by atoms with Crippen LogP contribution in [0, 0.1) is 0 Å². The van der Waals surface area contributed by atoms with Gasteiger partial charge < -0.3 is 19.3 Å². The monoisotopic (exact) mass is 374 g/mol. The number of hydrogen-bond acceptors (Lipinski definition) is 6. The van der Waals surface area contributed by atoms with Crippen molar-refractivity contribution in [3.8, 4) is 11.5 Å². The molecule has 8 nitrogen and oxygen atoms in total. The van der Waals surface area contributed by atoms with Gasteiger partial charge in [-0.15, -0.1) is 0 Å². The molecule has 2 amide bonds. The highest BCUT2D eigenvalue weighted by Gasteiger charge is 2.26. The van der Waals surface area contributed by atoms with Gasteiger partial charge in [-0.2, -0.15) is 0 Å². The normalized spacial score (nSPS) is 21.0. The number of nitrogens with zero attached hydrogens (tertiary/aromatic N) is 4. The number of piperazine rings is 2. The molecular weight excluding hydrogens is 348 g/mol. The van der Waals surface area contributed by atoms with Gasteiger partial charge in [-0.05, 0) is 17.7 Å². The van der Waals surface area contributed by atoms with Crippen molar-refractivity contribution in [1.29, 1.82) is 0 Å². The molecule has 146 valence electrons. The second-order valence-electron chi connectivity index (χ2n) is 7.37. The molecule has 3 aliphatic rings. The molecule has 0 atom stereocenters.